The molecule has 3 heterocycles. The van der Waals surface area contributed by atoms with Crippen molar-refractivity contribution in [1.29, 1.82) is 0 Å². The fourth-order valence-electron chi connectivity index (χ4n) is 3.84. The molecule has 0 aromatic carbocycles. The van der Waals surface area contributed by atoms with E-state index in [0.29, 0.717) is 12.0 Å². The first-order valence-corrected chi connectivity index (χ1v) is 8.47. The number of carbonyl (C=O) groups excluding carboxylic acids is 1. The summed E-state index contributed by atoms with van der Waals surface area (Å²) in [7, 11) is 0. The van der Waals surface area contributed by atoms with Crippen LogP contribution in [0.3, 0.4) is 0 Å². The fraction of sp³-hybridized carbons (Fsp3) is 0.824. The van der Waals surface area contributed by atoms with Crippen LogP contribution in [0.15, 0.2) is 12.2 Å². The number of piperidine rings is 1. The van der Waals surface area contributed by atoms with Gasteiger partial charge in [0.2, 0.25) is 5.91 Å². The van der Waals surface area contributed by atoms with Gasteiger partial charge in [-0.1, -0.05) is 6.08 Å². The van der Waals surface area contributed by atoms with Crippen molar-refractivity contribution in [1.82, 2.24) is 9.80 Å². The van der Waals surface area contributed by atoms with Gasteiger partial charge in [0.05, 0.1) is 24.9 Å². The summed E-state index contributed by atoms with van der Waals surface area (Å²) in [5.41, 5.74) is -0.0272. The molecule has 3 rings (SSSR count). The average Bonchev–Trinajstić information content (AvgIpc) is 2.81. The standard InChI is InChI=1S/C17H28N2O3/c1-17(2)12-14-13-19(7-5-15(14)22-17)16(20)4-3-6-18-8-10-21-11-9-18/h3-4,14-15H,5-13H2,1-2H3/b4-3+/t14-,15+/m1/s1. The van der Waals surface area contributed by atoms with Gasteiger partial charge in [0, 0.05) is 44.7 Å². The molecule has 0 bridgehead atoms. The molecule has 0 aliphatic carbocycles. The van der Waals surface area contributed by atoms with Gasteiger partial charge in [0.1, 0.15) is 0 Å². The van der Waals surface area contributed by atoms with E-state index in [1.165, 1.54) is 0 Å². The number of nitrogens with zero attached hydrogens (tertiary/aromatic N) is 2. The molecule has 3 aliphatic rings. The van der Waals surface area contributed by atoms with E-state index >= 15 is 0 Å². The Morgan fingerprint density at radius 2 is 2.05 bits per heavy atom. The number of hydrogen-bond donors (Lipinski definition) is 0. The molecule has 124 valence electrons. The van der Waals surface area contributed by atoms with Gasteiger partial charge in [-0.05, 0) is 26.7 Å². The summed E-state index contributed by atoms with van der Waals surface area (Å²) >= 11 is 0. The lowest BCUT2D eigenvalue weighted by Crippen LogP contribution is -2.44. The summed E-state index contributed by atoms with van der Waals surface area (Å²) in [4.78, 5) is 16.6. The van der Waals surface area contributed by atoms with Crippen LogP contribution in [0.1, 0.15) is 26.7 Å². The van der Waals surface area contributed by atoms with Gasteiger partial charge in [-0.15, -0.1) is 0 Å². The van der Waals surface area contributed by atoms with Crippen molar-refractivity contribution in [3.8, 4) is 0 Å². The number of ether oxygens (including phenoxy) is 2. The third-order valence-electron chi connectivity index (χ3n) is 4.93. The van der Waals surface area contributed by atoms with Gasteiger partial charge < -0.3 is 14.4 Å². The predicted octanol–water partition coefficient (Wildman–Crippen LogP) is 1.29. The third kappa shape index (κ3) is 3.89. The predicted molar refractivity (Wildman–Crippen MR) is 84.7 cm³/mol. The lowest BCUT2D eigenvalue weighted by Gasteiger charge is -2.33. The molecule has 0 aromatic rings. The van der Waals surface area contributed by atoms with Crippen molar-refractivity contribution in [2.24, 2.45) is 5.92 Å². The molecule has 0 radical (unpaired) electrons. The molecule has 2 atom stereocenters. The van der Waals surface area contributed by atoms with Crippen molar-refractivity contribution < 1.29 is 14.3 Å². The van der Waals surface area contributed by atoms with Crippen LogP contribution in [0.5, 0.6) is 0 Å². The van der Waals surface area contributed by atoms with Crippen LogP contribution >= 0.6 is 0 Å². The first-order valence-electron chi connectivity index (χ1n) is 8.47. The van der Waals surface area contributed by atoms with E-state index in [2.05, 4.69) is 18.7 Å². The molecule has 0 aromatic heterocycles. The van der Waals surface area contributed by atoms with Crippen molar-refractivity contribution >= 4 is 5.91 Å². The van der Waals surface area contributed by atoms with Crippen molar-refractivity contribution in [2.75, 3.05) is 45.9 Å². The quantitative estimate of drug-likeness (QED) is 0.737. The van der Waals surface area contributed by atoms with E-state index in [1.54, 1.807) is 6.08 Å². The highest BCUT2D eigenvalue weighted by atomic mass is 16.5. The molecule has 3 aliphatic heterocycles. The van der Waals surface area contributed by atoms with Gasteiger partial charge in [-0.2, -0.15) is 0 Å². The highest BCUT2D eigenvalue weighted by molar-refractivity contribution is 5.87. The normalized spacial score (nSPS) is 32.4. The van der Waals surface area contributed by atoms with Crippen LogP contribution in [0.4, 0.5) is 0 Å². The van der Waals surface area contributed by atoms with Gasteiger partial charge in [-0.3, -0.25) is 9.69 Å². The summed E-state index contributed by atoms with van der Waals surface area (Å²) < 4.78 is 11.4. The Kier molecular flexibility index (Phi) is 4.85. The van der Waals surface area contributed by atoms with Crippen LogP contribution in [-0.2, 0) is 14.3 Å². The molecule has 3 fully saturated rings. The first-order chi connectivity index (χ1) is 10.5. The number of amides is 1. The smallest absolute Gasteiger partial charge is 0.246 e. The fourth-order valence-corrected chi connectivity index (χ4v) is 3.84. The SMILES string of the molecule is CC1(C)C[C@@H]2CN(C(=O)/C=C/CN3CCOCC3)CC[C@@H]2O1. The number of likely N-dealkylation sites (tertiary alicyclic amines) is 1. The Balaban J connectivity index is 1.46. The minimum Gasteiger partial charge on any atom is -0.379 e. The Hall–Kier alpha value is -0.910. The number of rotatable bonds is 3. The average molecular weight is 308 g/mol. The summed E-state index contributed by atoms with van der Waals surface area (Å²) in [6.07, 6.45) is 6.11. The minimum absolute atomic E-state index is 0.0272. The number of carbonyl (C=O) groups is 1. The lowest BCUT2D eigenvalue weighted by molar-refractivity contribution is -0.129. The Morgan fingerprint density at radius 1 is 1.27 bits per heavy atom. The topological polar surface area (TPSA) is 42.0 Å². The van der Waals surface area contributed by atoms with Crippen molar-refractivity contribution in [3.05, 3.63) is 12.2 Å². The maximum absolute atomic E-state index is 12.3. The van der Waals surface area contributed by atoms with Gasteiger partial charge in [-0.25, -0.2) is 0 Å². The summed E-state index contributed by atoms with van der Waals surface area (Å²) in [5.74, 6) is 0.650. The molecular formula is C17H28N2O3. The molecule has 5 nitrogen and oxygen atoms in total. The zero-order valence-electron chi connectivity index (χ0n) is 13.8. The maximum Gasteiger partial charge on any atom is 0.246 e. The zero-order chi connectivity index (χ0) is 15.6. The summed E-state index contributed by atoms with van der Waals surface area (Å²) in [6.45, 7) is 10.3. The number of fused-ring (bicyclic) bond motifs is 1. The Labute approximate surface area is 133 Å². The van der Waals surface area contributed by atoms with E-state index in [0.717, 1.165) is 58.8 Å². The molecule has 3 saturated heterocycles. The monoisotopic (exact) mass is 308 g/mol. The van der Waals surface area contributed by atoms with Gasteiger partial charge >= 0.3 is 0 Å². The van der Waals surface area contributed by atoms with Crippen LogP contribution in [0.25, 0.3) is 0 Å². The second-order valence-electron chi connectivity index (χ2n) is 7.27. The second-order valence-corrected chi connectivity index (χ2v) is 7.27. The Bertz CT molecular complexity index is 430. The van der Waals surface area contributed by atoms with E-state index in [9.17, 15) is 4.79 Å². The highest BCUT2D eigenvalue weighted by Gasteiger charge is 2.43. The van der Waals surface area contributed by atoms with Crippen LogP contribution in [-0.4, -0.2) is 73.3 Å². The molecule has 0 saturated carbocycles. The third-order valence-corrected chi connectivity index (χ3v) is 4.93. The number of morpholine rings is 1. The Morgan fingerprint density at radius 3 is 2.82 bits per heavy atom. The van der Waals surface area contributed by atoms with Gasteiger partial charge in [0.15, 0.2) is 0 Å². The molecular weight excluding hydrogens is 280 g/mol. The van der Waals surface area contributed by atoms with E-state index < -0.39 is 0 Å². The molecule has 0 unspecified atom stereocenters. The largest absolute Gasteiger partial charge is 0.379 e. The molecule has 0 N–H and O–H groups in total. The minimum atomic E-state index is -0.0272. The molecule has 1 amide bonds. The van der Waals surface area contributed by atoms with Gasteiger partial charge in [0.25, 0.3) is 0 Å². The highest BCUT2D eigenvalue weighted by Crippen LogP contribution is 2.38. The number of hydrogen-bond acceptors (Lipinski definition) is 4. The molecule has 5 heteroatoms. The van der Waals surface area contributed by atoms with E-state index in [-0.39, 0.29) is 11.5 Å². The second kappa shape index (κ2) is 6.69. The van der Waals surface area contributed by atoms with Crippen molar-refractivity contribution in [3.63, 3.8) is 0 Å². The molecule has 22 heavy (non-hydrogen) atoms. The lowest BCUT2D eigenvalue weighted by atomic mass is 9.90. The maximum atomic E-state index is 12.3. The summed E-state index contributed by atoms with van der Waals surface area (Å²) in [6, 6.07) is 0. The first kappa shape index (κ1) is 16.0. The van der Waals surface area contributed by atoms with Crippen molar-refractivity contribution in [2.45, 2.75) is 38.4 Å². The van der Waals surface area contributed by atoms with E-state index in [1.807, 2.05) is 11.0 Å². The van der Waals surface area contributed by atoms with Crippen LogP contribution in [0, 0.1) is 5.92 Å². The van der Waals surface area contributed by atoms with E-state index in [4.69, 9.17) is 9.47 Å². The van der Waals surface area contributed by atoms with Crippen LogP contribution in [0.2, 0.25) is 0 Å². The zero-order valence-corrected chi connectivity index (χ0v) is 13.8. The summed E-state index contributed by atoms with van der Waals surface area (Å²) in [5, 5.41) is 0. The molecule has 0 spiro atoms. The van der Waals surface area contributed by atoms with Crippen LogP contribution < -0.4 is 0 Å².